The summed E-state index contributed by atoms with van der Waals surface area (Å²) in [7, 11) is 1.75. The largest absolute Gasteiger partial charge is 0.379 e. The molecule has 158 valence electrons. The summed E-state index contributed by atoms with van der Waals surface area (Å²) < 4.78 is 5.43. The molecule has 1 heterocycles. The Morgan fingerprint density at radius 3 is 2.39 bits per heavy atom. The number of guanidine groups is 1. The number of rotatable bonds is 8. The van der Waals surface area contributed by atoms with E-state index < -0.39 is 0 Å². The van der Waals surface area contributed by atoms with E-state index >= 15 is 0 Å². The van der Waals surface area contributed by atoms with Gasteiger partial charge in [0.1, 0.15) is 0 Å². The first-order valence-corrected chi connectivity index (χ1v) is 9.69. The normalized spacial score (nSPS) is 15.1. The van der Waals surface area contributed by atoms with Crippen molar-refractivity contribution in [3.63, 3.8) is 0 Å². The van der Waals surface area contributed by atoms with Crippen molar-refractivity contribution in [1.29, 1.82) is 0 Å². The predicted molar refractivity (Wildman–Crippen MR) is 124 cm³/mol. The number of amides is 1. The Morgan fingerprint density at radius 2 is 1.75 bits per heavy atom. The molecule has 1 amide bonds. The number of hydrogen-bond donors (Lipinski definition) is 3. The van der Waals surface area contributed by atoms with Crippen LogP contribution in [-0.2, 0) is 22.6 Å². The fourth-order valence-electron chi connectivity index (χ4n) is 2.85. The van der Waals surface area contributed by atoms with Crippen LogP contribution in [0.3, 0.4) is 0 Å². The SMILES string of the molecule is CN=C(NCCNC(=O)C(C)C)NCc1ccccc1CN1CCOCC1.I. The number of hydrogen-bond acceptors (Lipinski definition) is 4. The van der Waals surface area contributed by atoms with Crippen LogP contribution >= 0.6 is 24.0 Å². The van der Waals surface area contributed by atoms with Gasteiger partial charge in [-0.15, -0.1) is 24.0 Å². The van der Waals surface area contributed by atoms with Crippen molar-refractivity contribution in [2.75, 3.05) is 46.4 Å². The monoisotopic (exact) mass is 503 g/mol. The molecule has 3 N–H and O–H groups in total. The average Bonchev–Trinajstić information content (AvgIpc) is 2.69. The summed E-state index contributed by atoms with van der Waals surface area (Å²) in [5, 5.41) is 9.48. The molecule has 0 saturated carbocycles. The molecule has 0 atom stereocenters. The third kappa shape index (κ3) is 8.74. The topological polar surface area (TPSA) is 78.0 Å². The lowest BCUT2D eigenvalue weighted by Crippen LogP contribution is -2.42. The molecular weight excluding hydrogens is 469 g/mol. The van der Waals surface area contributed by atoms with E-state index in [0.29, 0.717) is 19.6 Å². The van der Waals surface area contributed by atoms with Gasteiger partial charge in [-0.3, -0.25) is 14.7 Å². The van der Waals surface area contributed by atoms with Crippen molar-refractivity contribution < 1.29 is 9.53 Å². The van der Waals surface area contributed by atoms with E-state index in [1.807, 2.05) is 13.8 Å². The smallest absolute Gasteiger partial charge is 0.222 e. The standard InChI is InChI=1S/C20H33N5O2.HI/c1-16(2)19(26)22-8-9-23-20(21-3)24-14-17-6-4-5-7-18(17)15-25-10-12-27-13-11-25;/h4-7,16H,8-15H2,1-3H3,(H,22,26)(H2,21,23,24);1H. The Kier molecular flexibility index (Phi) is 12.1. The van der Waals surface area contributed by atoms with Crippen molar-refractivity contribution in [3.05, 3.63) is 35.4 Å². The van der Waals surface area contributed by atoms with Crippen LogP contribution < -0.4 is 16.0 Å². The molecule has 0 bridgehead atoms. The van der Waals surface area contributed by atoms with Crippen LogP contribution in [0.15, 0.2) is 29.3 Å². The van der Waals surface area contributed by atoms with E-state index in [9.17, 15) is 4.79 Å². The molecule has 0 unspecified atom stereocenters. The van der Waals surface area contributed by atoms with Crippen LogP contribution in [0.25, 0.3) is 0 Å². The van der Waals surface area contributed by atoms with Gasteiger partial charge < -0.3 is 20.7 Å². The number of carbonyl (C=O) groups excluding carboxylic acids is 1. The zero-order chi connectivity index (χ0) is 19.5. The van der Waals surface area contributed by atoms with Crippen LogP contribution in [0.4, 0.5) is 0 Å². The summed E-state index contributed by atoms with van der Waals surface area (Å²) in [4.78, 5) is 18.3. The zero-order valence-electron chi connectivity index (χ0n) is 17.2. The first-order chi connectivity index (χ1) is 13.1. The highest BCUT2D eigenvalue weighted by molar-refractivity contribution is 14.0. The van der Waals surface area contributed by atoms with Crippen LogP contribution in [-0.4, -0.2) is 63.2 Å². The second kappa shape index (κ2) is 13.7. The Bertz CT molecular complexity index is 618. The van der Waals surface area contributed by atoms with Gasteiger partial charge in [-0.25, -0.2) is 0 Å². The van der Waals surface area contributed by atoms with Crippen LogP contribution in [0.5, 0.6) is 0 Å². The fourth-order valence-corrected chi connectivity index (χ4v) is 2.85. The summed E-state index contributed by atoms with van der Waals surface area (Å²) in [6, 6.07) is 8.49. The third-order valence-electron chi connectivity index (χ3n) is 4.53. The van der Waals surface area contributed by atoms with E-state index in [0.717, 1.165) is 38.8 Å². The summed E-state index contributed by atoms with van der Waals surface area (Å²) in [6.07, 6.45) is 0. The molecule has 1 saturated heterocycles. The summed E-state index contributed by atoms with van der Waals surface area (Å²) in [5.74, 6) is 0.803. The Hall–Kier alpha value is -1.39. The fraction of sp³-hybridized carbons (Fsp3) is 0.600. The maximum absolute atomic E-state index is 11.6. The van der Waals surface area contributed by atoms with Crippen molar-refractivity contribution in [2.24, 2.45) is 10.9 Å². The van der Waals surface area contributed by atoms with Crippen LogP contribution in [0.1, 0.15) is 25.0 Å². The highest BCUT2D eigenvalue weighted by Gasteiger charge is 2.12. The molecular formula is C20H34IN5O2. The van der Waals surface area contributed by atoms with Crippen molar-refractivity contribution in [1.82, 2.24) is 20.9 Å². The van der Waals surface area contributed by atoms with E-state index in [4.69, 9.17) is 4.74 Å². The molecule has 0 aliphatic carbocycles. The number of morpholine rings is 1. The first-order valence-electron chi connectivity index (χ1n) is 9.69. The summed E-state index contributed by atoms with van der Waals surface area (Å²) in [6.45, 7) is 10.2. The zero-order valence-corrected chi connectivity index (χ0v) is 19.5. The highest BCUT2D eigenvalue weighted by Crippen LogP contribution is 2.12. The van der Waals surface area contributed by atoms with Gasteiger partial charge in [0.05, 0.1) is 13.2 Å². The lowest BCUT2D eigenvalue weighted by atomic mass is 10.1. The third-order valence-corrected chi connectivity index (χ3v) is 4.53. The van der Waals surface area contributed by atoms with E-state index in [-0.39, 0.29) is 35.8 Å². The molecule has 1 aromatic carbocycles. The molecule has 0 spiro atoms. The van der Waals surface area contributed by atoms with Gasteiger partial charge in [-0.2, -0.15) is 0 Å². The lowest BCUT2D eigenvalue weighted by molar-refractivity contribution is -0.123. The Labute approximate surface area is 185 Å². The van der Waals surface area contributed by atoms with Crippen molar-refractivity contribution in [2.45, 2.75) is 26.9 Å². The molecule has 8 heteroatoms. The maximum atomic E-state index is 11.6. The summed E-state index contributed by atoms with van der Waals surface area (Å²) >= 11 is 0. The molecule has 2 rings (SSSR count). The Balaban J connectivity index is 0.00000392. The Morgan fingerprint density at radius 1 is 1.11 bits per heavy atom. The van der Waals surface area contributed by atoms with Gasteiger partial charge in [0.2, 0.25) is 5.91 Å². The average molecular weight is 503 g/mol. The molecule has 0 radical (unpaired) electrons. The minimum atomic E-state index is 0. The number of nitrogens with zero attached hydrogens (tertiary/aromatic N) is 2. The quantitative estimate of drug-likeness (QED) is 0.217. The van der Waals surface area contributed by atoms with Crippen LogP contribution in [0, 0.1) is 5.92 Å². The molecule has 7 nitrogen and oxygen atoms in total. The van der Waals surface area contributed by atoms with Gasteiger partial charge in [0.15, 0.2) is 5.96 Å². The number of ether oxygens (including phenoxy) is 1. The molecule has 1 aromatic rings. The number of halogens is 1. The van der Waals surface area contributed by atoms with E-state index in [1.54, 1.807) is 7.05 Å². The first kappa shape index (κ1) is 24.6. The van der Waals surface area contributed by atoms with Crippen molar-refractivity contribution in [3.8, 4) is 0 Å². The van der Waals surface area contributed by atoms with Gasteiger partial charge in [-0.1, -0.05) is 38.1 Å². The second-order valence-electron chi connectivity index (χ2n) is 6.96. The number of aliphatic imine (C=N–C) groups is 1. The van der Waals surface area contributed by atoms with Crippen molar-refractivity contribution >= 4 is 35.8 Å². The number of nitrogens with one attached hydrogen (secondary N) is 3. The molecule has 0 aromatic heterocycles. The van der Waals surface area contributed by atoms with Gasteiger partial charge in [-0.05, 0) is 11.1 Å². The molecule has 1 fully saturated rings. The van der Waals surface area contributed by atoms with Crippen LogP contribution in [0.2, 0.25) is 0 Å². The van der Waals surface area contributed by atoms with E-state index in [1.165, 1.54) is 11.1 Å². The molecule has 1 aliphatic rings. The second-order valence-corrected chi connectivity index (χ2v) is 6.96. The lowest BCUT2D eigenvalue weighted by Gasteiger charge is -2.27. The minimum absolute atomic E-state index is 0. The number of benzene rings is 1. The van der Waals surface area contributed by atoms with Gasteiger partial charge in [0.25, 0.3) is 0 Å². The number of carbonyl (C=O) groups is 1. The van der Waals surface area contributed by atoms with Gasteiger partial charge >= 0.3 is 0 Å². The maximum Gasteiger partial charge on any atom is 0.222 e. The van der Waals surface area contributed by atoms with E-state index in [2.05, 4.69) is 50.1 Å². The minimum Gasteiger partial charge on any atom is -0.379 e. The van der Waals surface area contributed by atoms with Gasteiger partial charge in [0, 0.05) is 52.2 Å². The molecule has 28 heavy (non-hydrogen) atoms. The predicted octanol–water partition coefficient (Wildman–Crippen LogP) is 1.57. The summed E-state index contributed by atoms with van der Waals surface area (Å²) in [5.41, 5.74) is 2.59. The highest BCUT2D eigenvalue weighted by atomic mass is 127. The molecule has 1 aliphatic heterocycles.